The Morgan fingerprint density at radius 2 is 1.83 bits per heavy atom. The lowest BCUT2D eigenvalue weighted by Gasteiger charge is -2.28. The van der Waals surface area contributed by atoms with Gasteiger partial charge in [0.05, 0.1) is 42.5 Å². The van der Waals surface area contributed by atoms with Gasteiger partial charge in [-0.25, -0.2) is 18.7 Å². The van der Waals surface area contributed by atoms with Crippen molar-refractivity contribution in [2.24, 2.45) is 5.92 Å². The lowest BCUT2D eigenvalue weighted by atomic mass is 9.81. The highest BCUT2D eigenvalue weighted by molar-refractivity contribution is 6.01. The molecular formula is C40H32F7N7O4. The second-order valence-corrected chi connectivity index (χ2v) is 14.9. The second-order valence-electron chi connectivity index (χ2n) is 14.9. The molecule has 5 aromatic rings. The number of amides is 2. The first-order chi connectivity index (χ1) is 27.4. The Balaban J connectivity index is 1.24. The monoisotopic (exact) mass is 807 g/mol. The van der Waals surface area contributed by atoms with E-state index in [4.69, 9.17) is 4.74 Å². The number of hydrogen-bond acceptors (Lipinski definition) is 7. The lowest BCUT2D eigenvalue weighted by molar-refractivity contribution is -0.142. The number of allylic oxidation sites excluding steroid dienone is 2. The maximum atomic E-state index is 15.6. The van der Waals surface area contributed by atoms with Gasteiger partial charge in [-0.1, -0.05) is 18.1 Å². The molecule has 1 aliphatic heterocycles. The van der Waals surface area contributed by atoms with Gasteiger partial charge in [0.1, 0.15) is 40.8 Å². The number of hydrogen-bond donors (Lipinski definition) is 3. The molecule has 0 bridgehead atoms. The third kappa shape index (κ3) is 7.31. The lowest BCUT2D eigenvalue weighted by Crippen LogP contribution is -2.48. The number of ether oxygens (including phenoxy) is 1. The van der Waals surface area contributed by atoms with Crippen LogP contribution in [0.25, 0.3) is 16.8 Å². The Bertz CT molecular complexity index is 2560. The van der Waals surface area contributed by atoms with Crippen LogP contribution in [0.4, 0.5) is 30.7 Å². The van der Waals surface area contributed by atoms with Crippen molar-refractivity contribution in [3.8, 4) is 23.0 Å². The number of fused-ring (bicyclic) bond motifs is 4. The highest BCUT2D eigenvalue weighted by Gasteiger charge is 2.61. The predicted octanol–water partition coefficient (Wildman–Crippen LogP) is 5.62. The summed E-state index contributed by atoms with van der Waals surface area (Å²) in [4.78, 5) is 36.5. The van der Waals surface area contributed by atoms with Gasteiger partial charge >= 0.3 is 6.18 Å². The van der Waals surface area contributed by atoms with Gasteiger partial charge in [0.25, 0.3) is 11.8 Å². The Kier molecular flexibility index (Phi) is 9.43. The van der Waals surface area contributed by atoms with Crippen LogP contribution in [0, 0.1) is 29.4 Å². The number of rotatable bonds is 9. The molecule has 2 aliphatic carbocycles. The maximum Gasteiger partial charge on any atom is 0.435 e. The van der Waals surface area contributed by atoms with E-state index in [0.717, 1.165) is 18.2 Å². The average molecular weight is 808 g/mol. The van der Waals surface area contributed by atoms with E-state index in [2.05, 4.69) is 37.5 Å². The fourth-order valence-corrected chi connectivity index (χ4v) is 7.34. The molecule has 0 unspecified atom stereocenters. The molecular weight excluding hydrogens is 775 g/mol. The first-order valence-corrected chi connectivity index (χ1v) is 18.0. The molecule has 8 rings (SSSR count). The maximum absolute atomic E-state index is 15.6. The molecule has 3 N–H and O–H groups in total. The molecule has 1 saturated heterocycles. The molecule has 0 radical (unpaired) electrons. The second kappa shape index (κ2) is 14.1. The molecule has 18 heteroatoms. The molecule has 58 heavy (non-hydrogen) atoms. The van der Waals surface area contributed by atoms with E-state index in [9.17, 15) is 36.6 Å². The summed E-state index contributed by atoms with van der Waals surface area (Å²) in [5.41, 5.74) is -3.58. The first-order valence-electron chi connectivity index (χ1n) is 18.0. The van der Waals surface area contributed by atoms with Gasteiger partial charge in [-0.05, 0) is 62.1 Å². The molecule has 5 heterocycles. The van der Waals surface area contributed by atoms with Gasteiger partial charge in [0, 0.05) is 47.3 Å². The van der Waals surface area contributed by atoms with E-state index >= 15 is 8.78 Å². The van der Waals surface area contributed by atoms with Crippen molar-refractivity contribution in [1.29, 1.82) is 0 Å². The Hall–Kier alpha value is -6.06. The number of aliphatic hydroxyl groups is 1. The molecule has 4 aromatic heterocycles. The van der Waals surface area contributed by atoms with E-state index in [-0.39, 0.29) is 40.5 Å². The minimum absolute atomic E-state index is 0.00744. The standard InChI is InChI=1S/C40H32F7N7O4/c1-38(2,57)8-7-24-3-4-26(21-14-28(36-48-9-10-53(36)16-21)37(56)50-25-18-58-19-25)33(49-24)30(13-20-11-22(41)15-23(42)12-20)51-31(55)17-54-35-32(34(52-54)40(45,46)47)27-5-6-29(27)39(35,43)44/h3-6,9-12,14-16,25,27,29-30,57H,13,17-19H2,1-2H3,(H,50,56)(H,51,55)/t27-,29+,30-/m0/s1. The number of nitrogens with zero attached hydrogens (tertiary/aromatic N) is 5. The molecule has 1 aromatic carbocycles. The molecule has 0 spiro atoms. The van der Waals surface area contributed by atoms with Gasteiger partial charge in [0.2, 0.25) is 5.91 Å². The number of pyridine rings is 2. The smallest absolute Gasteiger partial charge is 0.378 e. The van der Waals surface area contributed by atoms with Crippen LogP contribution in [0.15, 0.2) is 67.1 Å². The zero-order valence-electron chi connectivity index (χ0n) is 30.5. The van der Waals surface area contributed by atoms with Crippen LogP contribution >= 0.6 is 0 Å². The number of imidazole rings is 1. The normalized spacial score (nSPS) is 18.7. The summed E-state index contributed by atoms with van der Waals surface area (Å²) in [6.07, 6.45) is 1.54. The number of alkyl halides is 5. The summed E-state index contributed by atoms with van der Waals surface area (Å²) in [5, 5.41) is 19.3. The molecule has 1 fully saturated rings. The number of benzene rings is 1. The van der Waals surface area contributed by atoms with E-state index < -0.39 is 82.5 Å². The van der Waals surface area contributed by atoms with Crippen molar-refractivity contribution in [1.82, 2.24) is 34.8 Å². The number of carbonyl (C=O) groups excluding carboxylic acids is 2. The van der Waals surface area contributed by atoms with Crippen LogP contribution in [-0.2, 0) is 34.6 Å². The van der Waals surface area contributed by atoms with Crippen LogP contribution in [0.5, 0.6) is 0 Å². The third-order valence-electron chi connectivity index (χ3n) is 10.00. The molecule has 0 saturated carbocycles. The highest BCUT2D eigenvalue weighted by Crippen LogP contribution is 2.60. The van der Waals surface area contributed by atoms with E-state index in [1.807, 2.05) is 0 Å². The Morgan fingerprint density at radius 3 is 2.47 bits per heavy atom. The van der Waals surface area contributed by atoms with Crippen LogP contribution in [0.1, 0.15) is 70.1 Å². The zero-order chi connectivity index (χ0) is 41.3. The zero-order valence-corrected chi connectivity index (χ0v) is 30.5. The SMILES string of the molecule is CC(C)(O)C#Cc1ccc(-c2cc(C(=O)NC3COC3)c3nccn3c2)c([C@H](Cc2cc(F)cc(F)c2)NC(=O)Cn2nc(C(F)(F)F)c3c2C(F)(F)[C@@H]2C=C[C@H]32)n1. The van der Waals surface area contributed by atoms with Gasteiger partial charge in [-0.15, -0.1) is 0 Å². The van der Waals surface area contributed by atoms with E-state index in [1.54, 1.807) is 22.9 Å². The first kappa shape index (κ1) is 38.8. The number of nitrogens with one attached hydrogen (secondary N) is 2. The minimum atomic E-state index is -5.11. The van der Waals surface area contributed by atoms with Crippen molar-refractivity contribution in [2.45, 2.75) is 62.5 Å². The Morgan fingerprint density at radius 1 is 1.09 bits per heavy atom. The predicted molar refractivity (Wildman–Crippen MR) is 191 cm³/mol. The van der Waals surface area contributed by atoms with Gasteiger partial charge in [-0.2, -0.15) is 27.1 Å². The molecule has 3 aliphatic rings. The Labute approximate surface area is 324 Å². The third-order valence-corrected chi connectivity index (χ3v) is 10.00. The number of halogens is 7. The van der Waals surface area contributed by atoms with Gasteiger partial charge in [-0.3, -0.25) is 14.3 Å². The molecule has 11 nitrogen and oxygen atoms in total. The van der Waals surface area contributed by atoms with E-state index in [1.165, 1.54) is 38.3 Å². The van der Waals surface area contributed by atoms with E-state index in [0.29, 0.717) is 35.2 Å². The summed E-state index contributed by atoms with van der Waals surface area (Å²) < 4.78 is 110. The van der Waals surface area contributed by atoms with Crippen molar-refractivity contribution in [3.05, 3.63) is 118 Å². The van der Waals surface area contributed by atoms with Crippen LogP contribution in [0.3, 0.4) is 0 Å². The summed E-state index contributed by atoms with van der Waals surface area (Å²) in [7, 11) is 0. The summed E-state index contributed by atoms with van der Waals surface area (Å²) >= 11 is 0. The van der Waals surface area contributed by atoms with Gasteiger partial charge < -0.3 is 24.9 Å². The fraction of sp³-hybridized carbons (Fsp3) is 0.325. The average Bonchev–Trinajstić information content (AvgIpc) is 3.75. The largest absolute Gasteiger partial charge is 0.435 e. The summed E-state index contributed by atoms with van der Waals surface area (Å²) in [6, 6.07) is 5.62. The molecule has 3 atom stereocenters. The number of carbonyl (C=O) groups is 2. The minimum Gasteiger partial charge on any atom is -0.378 e. The van der Waals surface area contributed by atoms with Crippen molar-refractivity contribution in [2.75, 3.05) is 13.2 Å². The molecule has 2 amide bonds. The highest BCUT2D eigenvalue weighted by atomic mass is 19.4. The fourth-order valence-electron chi connectivity index (χ4n) is 7.34. The van der Waals surface area contributed by atoms with Crippen LogP contribution in [0.2, 0.25) is 0 Å². The van der Waals surface area contributed by atoms with Crippen LogP contribution in [-0.4, -0.2) is 65.9 Å². The van der Waals surface area contributed by atoms with Crippen LogP contribution < -0.4 is 10.6 Å². The van der Waals surface area contributed by atoms with Crippen molar-refractivity contribution < 1.29 is 50.2 Å². The summed E-state index contributed by atoms with van der Waals surface area (Å²) in [6.45, 7) is 2.40. The van der Waals surface area contributed by atoms with Crippen molar-refractivity contribution in [3.63, 3.8) is 0 Å². The van der Waals surface area contributed by atoms with Crippen molar-refractivity contribution >= 4 is 17.5 Å². The van der Waals surface area contributed by atoms with Gasteiger partial charge in [0.15, 0.2) is 5.69 Å². The molecule has 300 valence electrons. The topological polar surface area (TPSA) is 136 Å². The number of aromatic nitrogens is 5. The quantitative estimate of drug-likeness (QED) is 0.100. The summed E-state index contributed by atoms with van der Waals surface area (Å²) in [5.74, 6) is -4.62.